The van der Waals surface area contributed by atoms with Crippen LogP contribution in [-0.2, 0) is 13.6 Å². The van der Waals surface area contributed by atoms with Crippen molar-refractivity contribution in [2.75, 3.05) is 0 Å². The van der Waals surface area contributed by atoms with E-state index >= 15 is 0 Å². The fourth-order valence-electron chi connectivity index (χ4n) is 1.42. The monoisotopic (exact) mass is 246 g/mol. The van der Waals surface area contributed by atoms with Gasteiger partial charge >= 0.3 is 5.97 Å². The maximum absolute atomic E-state index is 11.9. The van der Waals surface area contributed by atoms with Gasteiger partial charge in [-0.25, -0.2) is 0 Å². The Morgan fingerprint density at radius 2 is 1.47 bits per heavy atom. The molecule has 0 unspecified atom stereocenters. The molecule has 0 aliphatic heterocycles. The first-order valence-corrected chi connectivity index (χ1v) is 12.3. The number of hydrogen-bond donors (Lipinski definition) is 0. The van der Waals surface area contributed by atoms with Gasteiger partial charge in [-0.1, -0.05) is 0 Å². The minimum absolute atomic E-state index is 0.121. The third kappa shape index (κ3) is 4.08. The fraction of sp³-hybridized carbons (Fsp3) is 0.900. The number of rotatable bonds is 4. The summed E-state index contributed by atoms with van der Waals surface area (Å²) in [6.07, 6.45) is 1.67. The Bertz CT molecular complexity index is 259. The van der Waals surface area contributed by atoms with Crippen molar-refractivity contribution in [2.45, 2.75) is 57.7 Å². The Balaban J connectivity index is 2.60. The maximum atomic E-state index is 11.9. The van der Waals surface area contributed by atoms with E-state index in [-0.39, 0.29) is 5.97 Å². The summed E-state index contributed by atoms with van der Waals surface area (Å²) in [4.78, 5) is 11.9. The van der Waals surface area contributed by atoms with E-state index in [1.165, 1.54) is 0 Å². The molecule has 1 aliphatic rings. The molecule has 0 saturated heterocycles. The van der Waals surface area contributed by atoms with Gasteiger partial charge in [-0.05, 0) is 52.1 Å². The summed E-state index contributed by atoms with van der Waals surface area (Å²) in [5.74, 6) is -0.121. The molecule has 88 valence electrons. The van der Waals surface area contributed by atoms with E-state index in [0.29, 0.717) is 0 Å². The fourth-order valence-corrected chi connectivity index (χ4v) is 3.62. The van der Waals surface area contributed by atoms with Crippen LogP contribution in [0.3, 0.4) is 0 Å². The average molecular weight is 246 g/mol. The molecule has 0 aromatic rings. The summed E-state index contributed by atoms with van der Waals surface area (Å²) in [6.45, 7) is 12.4. The maximum Gasteiger partial charge on any atom is 0.323 e. The minimum atomic E-state index is -1.78. The van der Waals surface area contributed by atoms with Crippen LogP contribution in [0.1, 0.15) is 12.8 Å². The number of carbonyl (C=O) groups is 1. The van der Waals surface area contributed by atoms with E-state index in [4.69, 9.17) is 8.85 Å². The van der Waals surface area contributed by atoms with Gasteiger partial charge in [-0.3, -0.25) is 4.79 Å². The van der Waals surface area contributed by atoms with E-state index < -0.39 is 22.2 Å². The zero-order valence-corrected chi connectivity index (χ0v) is 12.6. The van der Waals surface area contributed by atoms with Crippen LogP contribution in [0.2, 0.25) is 39.3 Å². The molecular weight excluding hydrogens is 224 g/mol. The topological polar surface area (TPSA) is 35.5 Å². The predicted octanol–water partition coefficient (Wildman–Crippen LogP) is 2.75. The SMILES string of the molecule is C[Si](C)(C)OC(=O)C1(O[Si](C)(C)C)CC1. The lowest BCUT2D eigenvalue weighted by Crippen LogP contribution is -2.43. The highest BCUT2D eigenvalue weighted by molar-refractivity contribution is 6.71. The summed E-state index contributed by atoms with van der Waals surface area (Å²) >= 11 is 0. The zero-order valence-electron chi connectivity index (χ0n) is 10.6. The molecule has 15 heavy (non-hydrogen) atoms. The highest BCUT2D eigenvalue weighted by Gasteiger charge is 2.55. The standard InChI is InChI=1S/C10H22O3Si2/c1-14(2,3)12-9(11)10(7-8-10)13-15(4,5)6/h7-8H2,1-6H3. The summed E-state index contributed by atoms with van der Waals surface area (Å²) in [5, 5.41) is 0. The van der Waals surface area contributed by atoms with Gasteiger partial charge in [0, 0.05) is 0 Å². The van der Waals surface area contributed by atoms with Crippen molar-refractivity contribution in [3.63, 3.8) is 0 Å². The van der Waals surface area contributed by atoms with Crippen LogP contribution in [-0.4, -0.2) is 28.2 Å². The molecule has 0 bridgehead atoms. The van der Waals surface area contributed by atoms with Crippen molar-refractivity contribution < 1.29 is 13.6 Å². The van der Waals surface area contributed by atoms with Gasteiger partial charge in [-0.2, -0.15) is 0 Å². The Labute approximate surface area is 94.4 Å². The average Bonchev–Trinajstić information content (AvgIpc) is 2.61. The normalized spacial score (nSPS) is 19.9. The molecule has 0 spiro atoms. The van der Waals surface area contributed by atoms with Gasteiger partial charge in [0.15, 0.2) is 13.9 Å². The van der Waals surface area contributed by atoms with Gasteiger partial charge in [0.2, 0.25) is 8.32 Å². The molecule has 0 amide bonds. The molecule has 1 rings (SSSR count). The third-order valence-corrected chi connectivity index (χ3v) is 3.78. The molecule has 1 fully saturated rings. The van der Waals surface area contributed by atoms with E-state index in [2.05, 4.69) is 19.6 Å². The van der Waals surface area contributed by atoms with Crippen LogP contribution in [0.15, 0.2) is 0 Å². The van der Waals surface area contributed by atoms with Crippen LogP contribution >= 0.6 is 0 Å². The molecule has 1 saturated carbocycles. The zero-order chi connectivity index (χ0) is 11.9. The largest absolute Gasteiger partial charge is 0.518 e. The lowest BCUT2D eigenvalue weighted by Gasteiger charge is -2.28. The first-order chi connectivity index (χ1) is 6.54. The highest BCUT2D eigenvalue weighted by atomic mass is 28.4. The summed E-state index contributed by atoms with van der Waals surface area (Å²) in [7, 11) is -3.43. The predicted molar refractivity (Wildman–Crippen MR) is 65.8 cm³/mol. The molecule has 3 nitrogen and oxygen atoms in total. The van der Waals surface area contributed by atoms with E-state index in [0.717, 1.165) is 12.8 Å². The van der Waals surface area contributed by atoms with Gasteiger partial charge in [0.25, 0.3) is 0 Å². The van der Waals surface area contributed by atoms with Crippen LogP contribution in [0, 0.1) is 0 Å². The smallest absolute Gasteiger partial charge is 0.323 e. The molecular formula is C10H22O3Si2. The Kier molecular flexibility index (Phi) is 3.20. The van der Waals surface area contributed by atoms with Crippen molar-refractivity contribution in [1.29, 1.82) is 0 Å². The van der Waals surface area contributed by atoms with Gasteiger partial charge in [0.05, 0.1) is 0 Å². The molecule has 0 heterocycles. The quantitative estimate of drug-likeness (QED) is 0.716. The van der Waals surface area contributed by atoms with Crippen molar-refractivity contribution in [3.8, 4) is 0 Å². The Hall–Kier alpha value is -0.136. The molecule has 0 aromatic heterocycles. The van der Waals surface area contributed by atoms with E-state index in [1.54, 1.807) is 0 Å². The van der Waals surface area contributed by atoms with Crippen molar-refractivity contribution in [1.82, 2.24) is 0 Å². The van der Waals surface area contributed by atoms with Crippen LogP contribution < -0.4 is 0 Å². The molecule has 0 radical (unpaired) electrons. The second kappa shape index (κ2) is 3.71. The molecule has 1 aliphatic carbocycles. The van der Waals surface area contributed by atoms with Gasteiger partial charge in [-0.15, -0.1) is 0 Å². The summed E-state index contributed by atoms with van der Waals surface area (Å²) < 4.78 is 11.4. The van der Waals surface area contributed by atoms with Crippen LogP contribution in [0.5, 0.6) is 0 Å². The Morgan fingerprint density at radius 3 is 1.73 bits per heavy atom. The van der Waals surface area contributed by atoms with Crippen LogP contribution in [0.4, 0.5) is 0 Å². The first kappa shape index (κ1) is 12.9. The second-order valence-corrected chi connectivity index (χ2v) is 15.1. The molecule has 0 atom stereocenters. The van der Waals surface area contributed by atoms with Crippen molar-refractivity contribution >= 4 is 22.6 Å². The van der Waals surface area contributed by atoms with Crippen LogP contribution in [0.25, 0.3) is 0 Å². The summed E-state index contributed by atoms with van der Waals surface area (Å²) in [5.41, 5.74) is -0.565. The van der Waals surface area contributed by atoms with E-state index in [1.807, 2.05) is 19.6 Å². The first-order valence-electron chi connectivity index (χ1n) is 5.48. The van der Waals surface area contributed by atoms with Gasteiger partial charge < -0.3 is 8.85 Å². The number of hydrogen-bond acceptors (Lipinski definition) is 3. The third-order valence-electron chi connectivity index (χ3n) is 1.98. The molecule has 0 N–H and O–H groups in total. The van der Waals surface area contributed by atoms with Gasteiger partial charge in [0.1, 0.15) is 0 Å². The minimum Gasteiger partial charge on any atom is -0.518 e. The molecule has 0 aromatic carbocycles. The lowest BCUT2D eigenvalue weighted by molar-refractivity contribution is -0.145. The second-order valence-electron chi connectivity index (χ2n) is 6.21. The number of carbonyl (C=O) groups excluding carboxylic acids is 1. The highest BCUT2D eigenvalue weighted by Crippen LogP contribution is 2.43. The van der Waals surface area contributed by atoms with Crippen molar-refractivity contribution in [3.05, 3.63) is 0 Å². The Morgan fingerprint density at radius 1 is 1.00 bits per heavy atom. The molecule has 5 heteroatoms. The summed E-state index contributed by atoms with van der Waals surface area (Å²) in [6, 6.07) is 0. The van der Waals surface area contributed by atoms with E-state index in [9.17, 15) is 4.79 Å². The lowest BCUT2D eigenvalue weighted by atomic mass is 10.4. The van der Waals surface area contributed by atoms with Crippen molar-refractivity contribution in [2.24, 2.45) is 0 Å².